The van der Waals surface area contributed by atoms with Crippen LogP contribution in [0.5, 0.6) is 0 Å². The van der Waals surface area contributed by atoms with Crippen molar-refractivity contribution in [1.82, 2.24) is 0 Å². The molecule has 0 saturated carbocycles. The fraction of sp³-hybridized carbons (Fsp3) is 0.409. The molecule has 0 fully saturated rings. The third-order valence-corrected chi connectivity index (χ3v) is 21.8. The third-order valence-electron chi connectivity index (χ3n) is 9.25. The standard InChI is InChI=1S/C44H52Si2/c1-35(2)45(36(3)4,37(5)6)33-31-43(29-21-19-27-41-23-15-13-16-24-41)44(30-22-20-28-42-25-17-14-18-26-42)32-34-46(38(7)8,39(9)10)40(11)12/h13-18,23-26,35-40H,1-12H3/b44-43+. The van der Waals surface area contributed by atoms with Crippen LogP contribution in [0.3, 0.4) is 0 Å². The zero-order chi connectivity index (χ0) is 34.3. The van der Waals surface area contributed by atoms with Crippen LogP contribution < -0.4 is 0 Å². The summed E-state index contributed by atoms with van der Waals surface area (Å²) in [5, 5.41) is 0. The van der Waals surface area contributed by atoms with Crippen molar-refractivity contribution >= 4 is 16.1 Å². The molecule has 0 heterocycles. The van der Waals surface area contributed by atoms with Gasteiger partial charge in [-0.25, -0.2) is 0 Å². The Morgan fingerprint density at radius 1 is 0.391 bits per heavy atom. The first-order valence-electron chi connectivity index (χ1n) is 16.7. The Bertz CT molecular complexity index is 1540. The van der Waals surface area contributed by atoms with Gasteiger partial charge in [-0.05, 0) is 93.0 Å². The van der Waals surface area contributed by atoms with Gasteiger partial charge in [0.1, 0.15) is 16.1 Å². The summed E-state index contributed by atoms with van der Waals surface area (Å²) in [4.78, 5) is 0. The molecule has 0 atom stereocenters. The number of hydrogen-bond acceptors (Lipinski definition) is 0. The Balaban J connectivity index is 3.00. The highest BCUT2D eigenvalue weighted by molar-refractivity contribution is 6.91. The van der Waals surface area contributed by atoms with Gasteiger partial charge in [0.15, 0.2) is 0 Å². The lowest BCUT2D eigenvalue weighted by molar-refractivity contribution is 0.838. The van der Waals surface area contributed by atoms with Crippen molar-refractivity contribution in [3.8, 4) is 70.3 Å². The Labute approximate surface area is 284 Å². The fourth-order valence-corrected chi connectivity index (χ4v) is 17.4. The van der Waals surface area contributed by atoms with Crippen LogP contribution >= 0.6 is 0 Å². The van der Waals surface area contributed by atoms with E-state index in [2.05, 4.69) is 153 Å². The maximum absolute atomic E-state index is 3.87. The van der Waals surface area contributed by atoms with Crippen LogP contribution in [0.4, 0.5) is 0 Å². The van der Waals surface area contributed by atoms with Crippen LogP contribution in [0.1, 0.15) is 94.2 Å². The smallest absolute Gasteiger partial charge is 0.124 e. The average molecular weight is 637 g/mol. The first kappa shape index (κ1) is 38.2. The van der Waals surface area contributed by atoms with Crippen molar-refractivity contribution in [1.29, 1.82) is 0 Å². The zero-order valence-electron chi connectivity index (χ0n) is 30.2. The maximum atomic E-state index is 3.87. The van der Waals surface area contributed by atoms with E-state index in [1.807, 2.05) is 60.7 Å². The first-order valence-corrected chi connectivity index (χ1v) is 21.2. The molecule has 0 aliphatic carbocycles. The van der Waals surface area contributed by atoms with Gasteiger partial charge < -0.3 is 0 Å². The van der Waals surface area contributed by atoms with E-state index in [1.165, 1.54) is 0 Å². The van der Waals surface area contributed by atoms with E-state index in [0.717, 1.165) is 11.1 Å². The van der Waals surface area contributed by atoms with Gasteiger partial charge in [-0.1, -0.05) is 143 Å². The summed E-state index contributed by atoms with van der Waals surface area (Å²) in [5.74, 6) is 32.5. The first-order chi connectivity index (χ1) is 21.8. The van der Waals surface area contributed by atoms with Crippen LogP contribution in [-0.4, -0.2) is 16.1 Å². The zero-order valence-corrected chi connectivity index (χ0v) is 32.2. The molecule has 0 bridgehead atoms. The molecular weight excluding hydrogens is 585 g/mol. The second-order valence-electron chi connectivity index (χ2n) is 13.8. The Morgan fingerprint density at radius 2 is 0.674 bits per heavy atom. The molecule has 0 spiro atoms. The van der Waals surface area contributed by atoms with E-state index in [0.29, 0.717) is 44.4 Å². The molecule has 0 aliphatic heterocycles. The number of hydrogen-bond donors (Lipinski definition) is 0. The SMILES string of the molecule is CC(C)[Si](C#C/C(C#CC#Cc1ccccc1)=C(\C#CC#Cc1ccccc1)C#C[Si](C(C)C)(C(C)C)C(C)C)(C(C)C)C(C)C. The topological polar surface area (TPSA) is 0 Å². The molecule has 0 N–H and O–H groups in total. The second-order valence-corrected chi connectivity index (χ2v) is 24.9. The molecule has 46 heavy (non-hydrogen) atoms. The van der Waals surface area contributed by atoms with Gasteiger partial charge >= 0.3 is 0 Å². The largest absolute Gasteiger partial charge is 0.146 e. The van der Waals surface area contributed by atoms with E-state index in [9.17, 15) is 0 Å². The summed E-state index contributed by atoms with van der Waals surface area (Å²) >= 11 is 0. The molecule has 0 aliphatic rings. The van der Waals surface area contributed by atoms with Crippen molar-refractivity contribution < 1.29 is 0 Å². The Hall–Kier alpha value is -4.03. The third kappa shape index (κ3) is 9.99. The van der Waals surface area contributed by atoms with Gasteiger partial charge in [0.25, 0.3) is 0 Å². The molecule has 2 rings (SSSR count). The van der Waals surface area contributed by atoms with Crippen LogP contribution in [0.15, 0.2) is 71.8 Å². The minimum absolute atomic E-state index is 0.493. The molecule has 2 aromatic rings. The predicted octanol–water partition coefficient (Wildman–Crippen LogP) is 10.8. The second kappa shape index (κ2) is 18.2. The summed E-state index contributed by atoms with van der Waals surface area (Å²) in [5.41, 5.74) is 13.9. The van der Waals surface area contributed by atoms with Crippen molar-refractivity contribution in [2.75, 3.05) is 0 Å². The molecule has 0 aromatic heterocycles. The van der Waals surface area contributed by atoms with Gasteiger partial charge in [-0.3, -0.25) is 0 Å². The monoisotopic (exact) mass is 636 g/mol. The van der Waals surface area contributed by atoms with Crippen molar-refractivity contribution in [3.63, 3.8) is 0 Å². The predicted molar refractivity (Wildman–Crippen MR) is 207 cm³/mol. The van der Waals surface area contributed by atoms with Gasteiger partial charge in [0.2, 0.25) is 0 Å². The van der Waals surface area contributed by atoms with Crippen molar-refractivity contribution in [3.05, 3.63) is 82.9 Å². The summed E-state index contributed by atoms with van der Waals surface area (Å²) < 4.78 is 0. The molecule has 236 valence electrons. The van der Waals surface area contributed by atoms with Crippen LogP contribution in [0.25, 0.3) is 0 Å². The minimum Gasteiger partial charge on any atom is -0.124 e. The highest BCUT2D eigenvalue weighted by Crippen LogP contribution is 2.42. The molecule has 2 aromatic carbocycles. The lowest BCUT2D eigenvalue weighted by Crippen LogP contribution is -2.43. The highest BCUT2D eigenvalue weighted by Gasteiger charge is 2.42. The summed E-state index contributed by atoms with van der Waals surface area (Å²) in [7, 11) is -4.09. The van der Waals surface area contributed by atoms with Crippen molar-refractivity contribution in [2.45, 2.75) is 116 Å². The van der Waals surface area contributed by atoms with E-state index < -0.39 is 16.1 Å². The highest BCUT2D eigenvalue weighted by atomic mass is 28.3. The van der Waals surface area contributed by atoms with E-state index in [4.69, 9.17) is 0 Å². The van der Waals surface area contributed by atoms with Crippen LogP contribution in [-0.2, 0) is 0 Å². The number of allylic oxidation sites excluding steroid dienone is 2. The summed E-state index contributed by atoms with van der Waals surface area (Å²) in [6.07, 6.45) is 0. The molecule has 2 heteroatoms. The number of benzene rings is 2. The quantitative estimate of drug-likeness (QED) is 0.219. The molecule has 0 saturated heterocycles. The van der Waals surface area contributed by atoms with E-state index in [-0.39, 0.29) is 0 Å². The molecule has 0 radical (unpaired) electrons. The number of rotatable bonds is 6. The molecular formula is C44H52Si2. The van der Waals surface area contributed by atoms with E-state index >= 15 is 0 Å². The van der Waals surface area contributed by atoms with Gasteiger partial charge in [0, 0.05) is 11.1 Å². The lowest BCUT2D eigenvalue weighted by atomic mass is 10.1. The minimum atomic E-state index is -2.05. The van der Waals surface area contributed by atoms with Crippen molar-refractivity contribution in [2.24, 2.45) is 0 Å². The van der Waals surface area contributed by atoms with Crippen LogP contribution in [0, 0.1) is 70.3 Å². The summed E-state index contributed by atoms with van der Waals surface area (Å²) in [6.45, 7) is 27.9. The van der Waals surface area contributed by atoms with Crippen LogP contribution in [0.2, 0.25) is 33.2 Å². The van der Waals surface area contributed by atoms with Gasteiger partial charge in [-0.15, -0.1) is 11.1 Å². The fourth-order valence-electron chi connectivity index (χ4n) is 6.96. The van der Waals surface area contributed by atoms with Gasteiger partial charge in [0.05, 0.1) is 11.1 Å². The average Bonchev–Trinajstić information content (AvgIpc) is 3.00. The molecule has 0 nitrogen and oxygen atoms in total. The Kier molecular flexibility index (Phi) is 15.1. The molecule has 0 amide bonds. The van der Waals surface area contributed by atoms with Gasteiger partial charge in [-0.2, -0.15) is 0 Å². The Morgan fingerprint density at radius 3 is 0.935 bits per heavy atom. The molecule has 0 unspecified atom stereocenters. The van der Waals surface area contributed by atoms with E-state index in [1.54, 1.807) is 0 Å². The summed E-state index contributed by atoms with van der Waals surface area (Å²) in [6, 6.07) is 19.9. The maximum Gasteiger partial charge on any atom is 0.146 e. The normalized spacial score (nSPS) is 11.5. The lowest BCUT2D eigenvalue weighted by Gasteiger charge is -2.38.